The Morgan fingerprint density at radius 1 is 1.19 bits per heavy atom. The molecule has 12 heteroatoms. The lowest BCUT2D eigenvalue weighted by atomic mass is 9.97. The summed E-state index contributed by atoms with van der Waals surface area (Å²) in [7, 11) is -4.35. The van der Waals surface area contributed by atoms with E-state index in [0.717, 1.165) is 28.5 Å². The highest BCUT2D eigenvalue weighted by molar-refractivity contribution is 7.52. The lowest BCUT2D eigenvalue weighted by Gasteiger charge is -2.33. The minimum absolute atomic E-state index is 0.0241. The number of hydrogen-bond donors (Lipinski definition) is 2. The summed E-state index contributed by atoms with van der Waals surface area (Å²) in [6, 6.07) is 13.6. The number of amides is 1. The van der Waals surface area contributed by atoms with E-state index in [1.807, 2.05) is 31.2 Å². The minimum Gasteiger partial charge on any atom is -0.462 e. The number of esters is 1. The molecular weight excluding hydrogens is 578 g/mol. The third-order valence-electron chi connectivity index (χ3n) is 7.04. The summed E-state index contributed by atoms with van der Waals surface area (Å²) in [6.45, 7) is 11.0. The van der Waals surface area contributed by atoms with Crippen molar-refractivity contribution in [3.05, 3.63) is 78.5 Å². The van der Waals surface area contributed by atoms with Crippen molar-refractivity contribution in [3.8, 4) is 16.9 Å². The van der Waals surface area contributed by atoms with Gasteiger partial charge in [0, 0.05) is 6.20 Å². The van der Waals surface area contributed by atoms with Crippen molar-refractivity contribution in [3.63, 3.8) is 0 Å². The average molecular weight is 617 g/mol. The number of nitrogens with one attached hydrogen (secondary N) is 1. The highest BCUT2D eigenvalue weighted by Crippen LogP contribution is 2.47. The maximum atomic E-state index is 15.7. The van der Waals surface area contributed by atoms with Crippen molar-refractivity contribution in [2.24, 2.45) is 0 Å². The van der Waals surface area contributed by atoms with Crippen LogP contribution in [0.15, 0.2) is 73.0 Å². The van der Waals surface area contributed by atoms with Gasteiger partial charge in [0.15, 0.2) is 11.9 Å². The Balaban J connectivity index is 1.52. The fraction of sp³-hybridized carbons (Fsp3) is 0.419. The number of aliphatic hydroxyl groups is 1. The highest BCUT2D eigenvalue weighted by Gasteiger charge is 2.57. The summed E-state index contributed by atoms with van der Waals surface area (Å²) in [5.74, 6) is -0.971. The SMILES string of the molecule is C=C1C=CN([C@@H]2O[C@H](COP(=O)(N[C@@H](C)C(=O)OC(C)C)Oc3ccc(-c4ccc(C)cc4)cc3)[C@@H](O)[C@@]2(C)F)C(=O)C1. The second-order valence-corrected chi connectivity index (χ2v) is 12.9. The van der Waals surface area contributed by atoms with Crippen molar-refractivity contribution in [2.45, 2.75) is 77.3 Å². The van der Waals surface area contributed by atoms with Crippen LogP contribution in [-0.4, -0.2) is 64.7 Å². The Kier molecular flexibility index (Phi) is 9.93. The quantitative estimate of drug-likeness (QED) is 0.259. The molecule has 2 aliphatic heterocycles. The zero-order chi connectivity index (χ0) is 31.5. The molecule has 0 bridgehead atoms. The topological polar surface area (TPSA) is 124 Å². The summed E-state index contributed by atoms with van der Waals surface area (Å²) in [5, 5.41) is 13.3. The Morgan fingerprint density at radius 3 is 2.37 bits per heavy atom. The van der Waals surface area contributed by atoms with E-state index in [-0.39, 0.29) is 12.2 Å². The molecule has 2 aromatic rings. The molecule has 232 valence electrons. The Bertz CT molecular complexity index is 1410. The van der Waals surface area contributed by atoms with Gasteiger partial charge < -0.3 is 19.1 Å². The predicted octanol–water partition coefficient (Wildman–Crippen LogP) is 5.21. The molecule has 1 fully saturated rings. The molecule has 4 rings (SSSR count). The Labute approximate surface area is 251 Å². The number of carbonyl (C=O) groups is 2. The van der Waals surface area contributed by atoms with E-state index >= 15 is 4.39 Å². The maximum Gasteiger partial charge on any atom is 0.459 e. The number of ether oxygens (including phenoxy) is 2. The first-order valence-electron chi connectivity index (χ1n) is 14.0. The average Bonchev–Trinajstić information content (AvgIpc) is 3.16. The standard InChI is InChI=1S/C31H38FN2O8P/c1-19(2)40-29(37)22(5)33-43(38,42-25-13-11-24(12-14-25)23-9-7-20(3)8-10-23)39-18-26-28(36)31(6,32)30(41-26)34-16-15-21(4)17-27(34)35/h7-16,19,22,26,28,30,36H,4,17-18H2,1-3,5-6H3,(H,33,38)/t22-,26+,28+,30+,31+,43?/m0/s1. The number of aryl methyl sites for hydroxylation is 1. The number of nitrogens with zero attached hydrogens (tertiary/aromatic N) is 1. The normalized spacial score (nSPS) is 26.0. The van der Waals surface area contributed by atoms with Crippen LogP contribution in [0.1, 0.15) is 39.7 Å². The van der Waals surface area contributed by atoms with E-state index in [1.165, 1.54) is 13.1 Å². The lowest BCUT2D eigenvalue weighted by molar-refractivity contribution is -0.149. The van der Waals surface area contributed by atoms with Gasteiger partial charge in [-0.25, -0.2) is 8.96 Å². The molecule has 6 atom stereocenters. The largest absolute Gasteiger partial charge is 0.462 e. The van der Waals surface area contributed by atoms with E-state index in [0.29, 0.717) is 5.57 Å². The summed E-state index contributed by atoms with van der Waals surface area (Å²) >= 11 is 0. The van der Waals surface area contributed by atoms with Crippen LogP contribution in [-0.2, 0) is 28.2 Å². The second kappa shape index (κ2) is 13.1. The van der Waals surface area contributed by atoms with Gasteiger partial charge in [0.05, 0.1) is 19.1 Å². The maximum absolute atomic E-state index is 15.7. The van der Waals surface area contributed by atoms with E-state index in [9.17, 15) is 19.3 Å². The van der Waals surface area contributed by atoms with E-state index in [2.05, 4.69) is 11.7 Å². The number of halogens is 1. The molecule has 43 heavy (non-hydrogen) atoms. The molecule has 2 N–H and O–H groups in total. The number of allylic oxidation sites excluding steroid dienone is 1. The van der Waals surface area contributed by atoms with Crippen LogP contribution in [0.4, 0.5) is 4.39 Å². The monoisotopic (exact) mass is 616 g/mol. The first-order chi connectivity index (χ1) is 20.2. The number of alkyl halides is 1. The fourth-order valence-corrected chi connectivity index (χ4v) is 6.15. The van der Waals surface area contributed by atoms with Gasteiger partial charge in [-0.15, -0.1) is 0 Å². The van der Waals surface area contributed by atoms with Crippen molar-refractivity contribution in [1.82, 2.24) is 9.99 Å². The van der Waals surface area contributed by atoms with Gasteiger partial charge in [-0.3, -0.25) is 19.0 Å². The summed E-state index contributed by atoms with van der Waals surface area (Å²) in [6.07, 6.45) is -2.06. The third kappa shape index (κ3) is 7.79. The van der Waals surface area contributed by atoms with E-state index in [1.54, 1.807) is 44.2 Å². The van der Waals surface area contributed by atoms with Gasteiger partial charge >= 0.3 is 13.7 Å². The lowest BCUT2D eigenvalue weighted by Crippen LogP contribution is -2.51. The molecule has 1 saturated heterocycles. The predicted molar refractivity (Wildman–Crippen MR) is 159 cm³/mol. The molecule has 0 radical (unpaired) electrons. The smallest absolute Gasteiger partial charge is 0.459 e. The number of carbonyl (C=O) groups excluding carboxylic acids is 2. The molecule has 10 nitrogen and oxygen atoms in total. The zero-order valence-electron chi connectivity index (χ0n) is 24.9. The first-order valence-corrected chi connectivity index (χ1v) is 15.5. The van der Waals surface area contributed by atoms with Gasteiger partial charge in [0.25, 0.3) is 0 Å². The molecule has 2 heterocycles. The van der Waals surface area contributed by atoms with Crippen molar-refractivity contribution >= 4 is 19.6 Å². The summed E-state index contributed by atoms with van der Waals surface area (Å²) in [4.78, 5) is 26.1. The van der Waals surface area contributed by atoms with Crippen LogP contribution >= 0.6 is 7.75 Å². The van der Waals surface area contributed by atoms with Crippen LogP contribution in [0.2, 0.25) is 0 Å². The van der Waals surface area contributed by atoms with Crippen LogP contribution in [0, 0.1) is 6.92 Å². The van der Waals surface area contributed by atoms with Gasteiger partial charge in [-0.2, -0.15) is 5.09 Å². The number of rotatable bonds is 11. The highest BCUT2D eigenvalue weighted by atomic mass is 31.2. The zero-order valence-corrected chi connectivity index (χ0v) is 25.8. The van der Waals surface area contributed by atoms with Crippen molar-refractivity contribution in [1.29, 1.82) is 0 Å². The summed E-state index contributed by atoms with van der Waals surface area (Å²) < 4.78 is 52.0. The third-order valence-corrected chi connectivity index (χ3v) is 8.68. The summed E-state index contributed by atoms with van der Waals surface area (Å²) in [5.41, 5.74) is 1.17. The number of aliphatic hydroxyl groups excluding tert-OH is 1. The minimum atomic E-state index is -4.35. The second-order valence-electron chi connectivity index (χ2n) is 11.2. The van der Waals surface area contributed by atoms with Crippen molar-refractivity contribution < 1.29 is 42.2 Å². The molecule has 0 spiro atoms. The number of hydrogen-bond acceptors (Lipinski definition) is 8. The van der Waals surface area contributed by atoms with Crippen molar-refractivity contribution in [2.75, 3.05) is 6.61 Å². The van der Waals surface area contributed by atoms with Crippen LogP contribution in [0.3, 0.4) is 0 Å². The van der Waals surface area contributed by atoms with Gasteiger partial charge in [-0.1, -0.05) is 48.5 Å². The molecule has 2 aliphatic rings. The van der Waals surface area contributed by atoms with Crippen LogP contribution < -0.4 is 9.61 Å². The number of benzene rings is 2. The van der Waals surface area contributed by atoms with Crippen LogP contribution in [0.5, 0.6) is 5.75 Å². The molecule has 1 unspecified atom stereocenters. The molecule has 2 aromatic carbocycles. The molecule has 1 amide bonds. The first kappa shape index (κ1) is 32.6. The molecule has 0 saturated carbocycles. The molecule has 0 aromatic heterocycles. The Hall–Kier alpha value is -3.34. The van der Waals surface area contributed by atoms with Gasteiger partial charge in [-0.05, 0) is 69.5 Å². The Morgan fingerprint density at radius 2 is 1.79 bits per heavy atom. The van der Waals surface area contributed by atoms with E-state index < -0.39 is 62.5 Å². The van der Waals surface area contributed by atoms with E-state index in [4.69, 9.17) is 18.5 Å². The molecule has 0 aliphatic carbocycles. The van der Waals surface area contributed by atoms with Gasteiger partial charge in [0.1, 0.15) is 24.0 Å². The van der Waals surface area contributed by atoms with Gasteiger partial charge in [0.2, 0.25) is 5.91 Å². The van der Waals surface area contributed by atoms with Crippen LogP contribution in [0.25, 0.3) is 11.1 Å². The molecular formula is C31H38FN2O8P. The fourth-order valence-electron chi connectivity index (χ4n) is 4.65.